The van der Waals surface area contributed by atoms with Gasteiger partial charge in [0.2, 0.25) is 0 Å². The molecule has 0 spiro atoms. The molecule has 0 bridgehead atoms. The first-order chi connectivity index (χ1) is 28.4. The maximum Gasteiger partial charge on any atom is -1.00 e. The molecule has 1 unspecified atom stereocenters. The van der Waals surface area contributed by atoms with Gasteiger partial charge in [-0.2, -0.15) is 0 Å². The number of hydrogen-bond acceptors (Lipinski definition) is 9. The molecule has 0 heterocycles. The van der Waals surface area contributed by atoms with Gasteiger partial charge < -0.3 is 37.2 Å². The van der Waals surface area contributed by atoms with Crippen molar-refractivity contribution in [3.63, 3.8) is 0 Å². The van der Waals surface area contributed by atoms with Crippen molar-refractivity contribution in [2.24, 2.45) is 0 Å². The van der Waals surface area contributed by atoms with Crippen LogP contribution in [0.2, 0.25) is 5.04 Å². The molecule has 3 aromatic carbocycles. The Kier molecular flexibility index (Phi) is 19.6. The normalized spacial score (nSPS) is 14.7. The van der Waals surface area contributed by atoms with Crippen LogP contribution >= 0.6 is 0 Å². The summed E-state index contributed by atoms with van der Waals surface area (Å²) in [6, 6.07) is 0. The first kappa shape index (κ1) is 60.2. The summed E-state index contributed by atoms with van der Waals surface area (Å²) in [5, 5.41) is 3.92. The van der Waals surface area contributed by atoms with Crippen molar-refractivity contribution in [2.45, 2.75) is 74.3 Å². The molecule has 0 radical (unpaired) electrons. The molecule has 14 heteroatoms. The summed E-state index contributed by atoms with van der Waals surface area (Å²) >= 11 is 2.48. The van der Waals surface area contributed by atoms with E-state index in [0.717, 1.165) is 0 Å². The Hall–Kier alpha value is -2.86. The molecule has 0 saturated heterocycles. The molecule has 1 atom stereocenters. The van der Waals surface area contributed by atoms with Crippen molar-refractivity contribution >= 4 is 74.8 Å². The van der Waals surface area contributed by atoms with E-state index >= 15 is 0 Å². The Labute approximate surface area is 428 Å². The average Bonchev–Trinajstić information content (AvgIpc) is 3.25. The van der Waals surface area contributed by atoms with Crippen molar-refractivity contribution in [1.29, 1.82) is 0 Å². The van der Waals surface area contributed by atoms with Crippen molar-refractivity contribution in [3.05, 3.63) is 54.0 Å². The molecule has 1 aliphatic rings. The molecule has 9 nitrogen and oxygen atoms in total. The Morgan fingerprint density at radius 1 is 0.308 bits per heavy atom. The van der Waals surface area contributed by atoms with Gasteiger partial charge in [0.05, 0.1) is 0 Å². The van der Waals surface area contributed by atoms with Crippen LogP contribution in [0, 0.1) is 41.5 Å². The maximum atomic E-state index is 2.67. The summed E-state index contributed by atoms with van der Waals surface area (Å²) in [7, 11) is 37.0. The van der Waals surface area contributed by atoms with Crippen molar-refractivity contribution < 1.29 is 57.7 Å². The summed E-state index contributed by atoms with van der Waals surface area (Å²) < 4.78 is 1.46. The Balaban J connectivity index is 0.00000704. The van der Waals surface area contributed by atoms with Gasteiger partial charge in [0, 0.05) is 0 Å². The molecule has 362 valence electrons. The minimum Gasteiger partial charge on any atom is -1.00 e. The SMILES string of the molecule is CC1=C(C)C(C)([Si](c2c(N(C)C)c(C)c(N(C)C)c(C)c2N(C)C)(c2c(N(C)C)c(C)c(N(C)C)c(C)c2N(C)C)c2c(N(C)C)c(C)c(N(C)C)c(C)c2N(C)C)[C]([Ti+3])=C1C.[Cl-].[Cl-].[Cl-]. The van der Waals surface area contributed by atoms with Crippen LogP contribution in [-0.2, 0) is 20.4 Å². The molecule has 65 heavy (non-hydrogen) atoms. The second-order valence-electron chi connectivity index (χ2n) is 20.2. The number of nitrogens with zero attached hydrogens (tertiary/aromatic N) is 9. The molecule has 0 fully saturated rings. The third kappa shape index (κ3) is 8.77. The largest absolute Gasteiger partial charge is 1.00 e. The Bertz CT molecular complexity index is 2000. The minimum atomic E-state index is -3.75. The third-order valence-corrected chi connectivity index (χ3v) is 21.9. The first-order valence-corrected chi connectivity index (χ1v) is 24.8. The molecule has 0 saturated carbocycles. The van der Waals surface area contributed by atoms with Gasteiger partial charge >= 0.3 is 394 Å². The smallest absolute Gasteiger partial charge is 1.00 e. The van der Waals surface area contributed by atoms with Crippen molar-refractivity contribution in [3.8, 4) is 0 Å². The Morgan fingerprint density at radius 2 is 0.477 bits per heavy atom. The van der Waals surface area contributed by atoms with Crippen LogP contribution < -0.4 is 96.9 Å². The molecule has 3 aromatic rings. The fraction of sp³-hybridized carbons (Fsp3) is 0.569. The fourth-order valence-electron chi connectivity index (χ4n) is 12.4. The topological polar surface area (TPSA) is 29.2 Å². The van der Waals surface area contributed by atoms with E-state index in [1.807, 2.05) is 0 Å². The molecule has 0 aromatic heterocycles. The number of halogens is 3. The first-order valence-electron chi connectivity index (χ1n) is 22.1. The zero-order valence-corrected chi connectivity index (χ0v) is 50.5. The fourth-order valence-corrected chi connectivity index (χ4v) is 22.0. The molecule has 1 aliphatic carbocycles. The zero-order chi connectivity index (χ0) is 47.9. The van der Waals surface area contributed by atoms with Gasteiger partial charge in [0.25, 0.3) is 0 Å². The summed E-state index contributed by atoms with van der Waals surface area (Å²) in [6.45, 7) is 24.2. The number of rotatable bonds is 13. The predicted octanol–water partition coefficient (Wildman–Crippen LogP) is -1.46. The second-order valence-corrected chi connectivity index (χ2v) is 25.0. The van der Waals surface area contributed by atoms with Gasteiger partial charge in [-0.25, -0.2) is 0 Å². The van der Waals surface area contributed by atoms with Gasteiger partial charge in [-0.05, 0) is 0 Å². The van der Waals surface area contributed by atoms with Gasteiger partial charge in [-0.15, -0.1) is 0 Å². The summed E-state index contributed by atoms with van der Waals surface area (Å²) in [5.41, 5.74) is 23.8. The van der Waals surface area contributed by atoms with Crippen molar-refractivity contribution in [2.75, 3.05) is 171 Å². The Morgan fingerprint density at radius 3 is 0.600 bits per heavy atom. The van der Waals surface area contributed by atoms with E-state index in [9.17, 15) is 0 Å². The third-order valence-electron chi connectivity index (χ3n) is 14.3. The molecular formula is C51H84Cl3N9SiTi. The van der Waals surface area contributed by atoms with E-state index in [2.05, 4.69) is 261 Å². The van der Waals surface area contributed by atoms with E-state index in [4.69, 9.17) is 0 Å². The number of anilines is 9. The second kappa shape index (κ2) is 21.2. The van der Waals surface area contributed by atoms with Crippen LogP contribution in [0.25, 0.3) is 0 Å². The van der Waals surface area contributed by atoms with Crippen molar-refractivity contribution in [1.82, 2.24) is 0 Å². The van der Waals surface area contributed by atoms with Crippen LogP contribution in [0.1, 0.15) is 61.1 Å². The molecule has 0 N–H and O–H groups in total. The van der Waals surface area contributed by atoms with E-state index in [-0.39, 0.29) is 37.2 Å². The van der Waals surface area contributed by atoms with E-state index in [1.165, 1.54) is 121 Å². The average molecular weight is 1010 g/mol. The van der Waals surface area contributed by atoms with Gasteiger partial charge in [-0.1, -0.05) is 0 Å². The van der Waals surface area contributed by atoms with Crippen LogP contribution in [-0.4, -0.2) is 135 Å². The maximum absolute atomic E-state index is 3.75. The van der Waals surface area contributed by atoms with Gasteiger partial charge in [0.1, 0.15) is 0 Å². The van der Waals surface area contributed by atoms with E-state index in [0.29, 0.717) is 0 Å². The minimum absolute atomic E-state index is 0. The quantitative estimate of drug-likeness (QED) is 0.151. The molecular weight excluding hydrogens is 921 g/mol. The molecule has 4 rings (SSSR count). The van der Waals surface area contributed by atoms with E-state index in [1.54, 1.807) is 0 Å². The predicted molar refractivity (Wildman–Crippen MR) is 281 cm³/mol. The van der Waals surface area contributed by atoms with Crippen LogP contribution in [0.4, 0.5) is 51.2 Å². The molecule has 0 amide bonds. The number of allylic oxidation sites excluding steroid dienone is 4. The van der Waals surface area contributed by atoms with Gasteiger partial charge in [-0.3, -0.25) is 0 Å². The van der Waals surface area contributed by atoms with Crippen LogP contribution in [0.15, 0.2) is 20.6 Å². The monoisotopic (exact) mass is 1000 g/mol. The summed E-state index contributed by atoms with van der Waals surface area (Å²) in [6.07, 6.45) is 0. The zero-order valence-electron chi connectivity index (χ0n) is 45.7. The van der Waals surface area contributed by atoms with Crippen LogP contribution in [0.3, 0.4) is 0 Å². The van der Waals surface area contributed by atoms with Gasteiger partial charge in [0.15, 0.2) is 0 Å². The molecule has 0 aliphatic heterocycles. The number of hydrogen-bond donors (Lipinski definition) is 0. The number of benzene rings is 3. The summed E-state index contributed by atoms with van der Waals surface area (Å²) in [4.78, 5) is 21.8. The summed E-state index contributed by atoms with van der Waals surface area (Å²) in [5.74, 6) is 0. The van der Waals surface area contributed by atoms with Crippen LogP contribution in [0.5, 0.6) is 0 Å². The standard InChI is InChI=1S/C51H84N9Si.3ClH.Ti/c1-30-29-51(10,38(9)31(30)2)61(48-42(55(17)18)32(3)39(52(11)12)33(4)43(48)56(19)20,49-44(57(21)22)34(5)40(53(13)14)35(6)45(49)58(23)24)50-46(59(25)26)36(7)41(54(15)16)37(8)47(50)60(27)28;;;;/h1-28H3;3*1H;/q;;;;+3/p-3. The van der Waals surface area contributed by atoms with E-state index < -0.39 is 13.1 Å².